The molecule has 0 radical (unpaired) electrons. The molecule has 8 rings (SSSR count). The van der Waals surface area contributed by atoms with E-state index in [9.17, 15) is 35.2 Å². The molecule has 2 saturated carbocycles. The number of rotatable bonds is 15. The number of Topliss-reactive ketones (excluding diaryl/α,β-unsaturated/α-hetero) is 1. The lowest BCUT2D eigenvalue weighted by Crippen LogP contribution is -2.52. The minimum atomic E-state index is -3.73. The second-order valence-corrected chi connectivity index (χ2v) is 22.3. The zero-order valence-electron chi connectivity index (χ0n) is 36.6. The molecule has 4 fully saturated rings. The number of nitrogens with two attached hydrogens (primary N) is 1. The number of ketones is 1. The smallest absolute Gasteiger partial charge is 0.339 e. The summed E-state index contributed by atoms with van der Waals surface area (Å²) in [5.74, 6) is -0.739. The SMILES string of the molecule is COC(=O)c1ccc(CN(c2cccc(Cl)c2)S(=O)(=O)C2CCN(C3CC(F)C3)CC2)nc1.NCC(=O)c1ccc(CN(c2cccc(Cl)c2)S(=O)(=O)C2CCN(C3CC(F)C3)CC2)nc1. The zero-order valence-corrected chi connectivity index (χ0v) is 39.7. The van der Waals surface area contributed by atoms with Gasteiger partial charge in [0, 0.05) is 40.1 Å². The number of carbonyl (C=O) groups excluding carboxylic acids is 2. The van der Waals surface area contributed by atoms with E-state index in [0.717, 1.165) is 0 Å². The maximum Gasteiger partial charge on any atom is 0.339 e. The van der Waals surface area contributed by atoms with Crippen LogP contribution < -0.4 is 14.3 Å². The minimum Gasteiger partial charge on any atom is -0.465 e. The summed E-state index contributed by atoms with van der Waals surface area (Å²) in [6.45, 7) is 2.46. The molecular formula is C46H55Cl2F2N7O7S2. The Kier molecular flexibility index (Phi) is 16.4. The lowest BCUT2D eigenvalue weighted by atomic mass is 9.88. The van der Waals surface area contributed by atoms with Crippen LogP contribution >= 0.6 is 23.2 Å². The molecule has 4 aliphatic rings. The number of hydrogen-bond acceptors (Lipinski definition) is 12. The summed E-state index contributed by atoms with van der Waals surface area (Å²) in [5.41, 5.74) is 8.00. The Bertz CT molecular complexity index is 2350. The quantitative estimate of drug-likeness (QED) is 0.0955. The Morgan fingerprint density at radius 3 is 1.42 bits per heavy atom. The normalized spacial score (nSPS) is 22.0. The fourth-order valence-electron chi connectivity index (χ4n) is 8.85. The van der Waals surface area contributed by atoms with Crippen molar-refractivity contribution in [3.05, 3.63) is 118 Å². The van der Waals surface area contributed by atoms with Gasteiger partial charge in [-0.05, 0) is 138 Å². The number of ether oxygens (including phenoxy) is 1. The van der Waals surface area contributed by atoms with Crippen LogP contribution in [0.4, 0.5) is 20.2 Å². The molecular weight excluding hydrogens is 936 g/mol. The third kappa shape index (κ3) is 11.9. The highest BCUT2D eigenvalue weighted by Crippen LogP contribution is 2.36. The number of likely N-dealkylation sites (tertiary alicyclic amines) is 2. The van der Waals surface area contributed by atoms with Gasteiger partial charge in [-0.15, -0.1) is 0 Å². The first kappa shape index (κ1) is 49.6. The largest absolute Gasteiger partial charge is 0.465 e. The average molecular weight is 991 g/mol. The number of halogens is 4. The summed E-state index contributed by atoms with van der Waals surface area (Å²) in [4.78, 5) is 36.4. The van der Waals surface area contributed by atoms with Gasteiger partial charge in [-0.2, -0.15) is 0 Å². The highest BCUT2D eigenvalue weighted by molar-refractivity contribution is 7.93. The zero-order chi connectivity index (χ0) is 47.2. The van der Waals surface area contributed by atoms with Crippen molar-refractivity contribution in [1.29, 1.82) is 0 Å². The number of nitrogens with zero attached hydrogens (tertiary/aromatic N) is 6. The standard InChI is InChI=1S/C23H28ClFN4O3S.C23H27ClFN3O4S/c24-17-2-1-3-20(10-17)29(15-19-5-4-16(14-27-19)23(30)13-26)33(31,32)22-6-8-28(9-7-22)21-11-18(25)12-21;1-32-23(29)16-5-6-19(26-14-16)15-28(20-4-2-3-17(24)11-20)33(30,31)22-7-9-27(10-8-22)21-12-18(25)13-21/h1-5,10,14,18,21-22H,6-9,11-13,15,26H2;2-6,11,14,18,21-22H,7-10,12-13,15H2,1H3. The Balaban J connectivity index is 0.000000196. The van der Waals surface area contributed by atoms with Crippen LogP contribution in [0.3, 0.4) is 0 Å². The van der Waals surface area contributed by atoms with Crippen molar-refractivity contribution in [2.45, 2.75) is 99.4 Å². The third-order valence-electron chi connectivity index (χ3n) is 12.9. The second-order valence-electron chi connectivity index (χ2n) is 17.2. The van der Waals surface area contributed by atoms with E-state index in [0.29, 0.717) is 116 Å². The molecule has 2 aromatic heterocycles. The highest BCUT2D eigenvalue weighted by Gasteiger charge is 2.42. The maximum absolute atomic E-state index is 13.7. The monoisotopic (exact) mass is 989 g/mol. The Hall–Kier alpha value is -4.30. The maximum atomic E-state index is 13.7. The van der Waals surface area contributed by atoms with Gasteiger partial charge in [0.1, 0.15) is 12.3 Å². The first-order valence-electron chi connectivity index (χ1n) is 22.1. The Labute approximate surface area is 395 Å². The van der Waals surface area contributed by atoms with E-state index < -0.39 is 48.9 Å². The number of piperidine rings is 2. The summed E-state index contributed by atoms with van der Waals surface area (Å²) >= 11 is 12.3. The van der Waals surface area contributed by atoms with E-state index in [1.165, 1.54) is 28.1 Å². The lowest BCUT2D eigenvalue weighted by Gasteiger charge is -2.43. The molecule has 0 amide bonds. The molecule has 2 aromatic carbocycles. The van der Waals surface area contributed by atoms with Crippen LogP contribution in [0.15, 0.2) is 85.2 Å². The van der Waals surface area contributed by atoms with Crippen LogP contribution in [0.1, 0.15) is 83.5 Å². The molecule has 0 unspecified atom stereocenters. The first-order valence-corrected chi connectivity index (χ1v) is 25.8. The molecule has 4 aromatic rings. The number of sulfonamides is 2. The second kappa shape index (κ2) is 21.8. The van der Waals surface area contributed by atoms with Crippen molar-refractivity contribution in [2.24, 2.45) is 5.73 Å². The fourth-order valence-corrected chi connectivity index (χ4v) is 13.0. The van der Waals surface area contributed by atoms with Gasteiger partial charge >= 0.3 is 5.97 Å². The predicted molar refractivity (Wildman–Crippen MR) is 251 cm³/mol. The van der Waals surface area contributed by atoms with Gasteiger partial charge in [-0.3, -0.25) is 23.4 Å². The Morgan fingerprint density at radius 2 is 1.09 bits per heavy atom. The van der Waals surface area contributed by atoms with E-state index in [1.54, 1.807) is 72.8 Å². The number of esters is 1. The summed E-state index contributed by atoms with van der Waals surface area (Å²) < 4.78 is 88.8. The summed E-state index contributed by atoms with van der Waals surface area (Å²) in [6, 6.07) is 20.3. The molecule has 356 valence electrons. The molecule has 20 heteroatoms. The van der Waals surface area contributed by atoms with Crippen molar-refractivity contribution < 1.29 is 39.9 Å². The highest BCUT2D eigenvalue weighted by atomic mass is 35.5. The van der Waals surface area contributed by atoms with E-state index in [-0.39, 0.29) is 43.1 Å². The number of anilines is 2. The van der Waals surface area contributed by atoms with E-state index in [1.807, 2.05) is 0 Å². The summed E-state index contributed by atoms with van der Waals surface area (Å²) in [6.07, 6.45) is 5.46. The molecule has 66 heavy (non-hydrogen) atoms. The minimum absolute atomic E-state index is 0.0104. The van der Waals surface area contributed by atoms with Crippen LogP contribution in [0.5, 0.6) is 0 Å². The fraction of sp³-hybridized carbons (Fsp3) is 0.478. The topological polar surface area (TPSA) is 176 Å². The summed E-state index contributed by atoms with van der Waals surface area (Å²) in [5, 5.41) is -0.234. The van der Waals surface area contributed by atoms with Crippen molar-refractivity contribution in [2.75, 3.05) is 48.4 Å². The molecule has 2 saturated heterocycles. The van der Waals surface area contributed by atoms with Gasteiger partial charge < -0.3 is 20.3 Å². The number of pyridine rings is 2. The van der Waals surface area contributed by atoms with Crippen LogP contribution in [0, 0.1) is 0 Å². The molecule has 0 spiro atoms. The molecule has 4 heterocycles. The third-order valence-corrected chi connectivity index (χ3v) is 17.9. The average Bonchev–Trinajstić information content (AvgIpc) is 3.30. The van der Waals surface area contributed by atoms with Crippen LogP contribution in [0.2, 0.25) is 10.0 Å². The molecule has 2 N–H and O–H groups in total. The van der Waals surface area contributed by atoms with Crippen molar-refractivity contribution in [3.63, 3.8) is 0 Å². The number of alkyl halides is 2. The lowest BCUT2D eigenvalue weighted by molar-refractivity contribution is 0.0423. The van der Waals surface area contributed by atoms with Crippen molar-refractivity contribution in [1.82, 2.24) is 19.8 Å². The van der Waals surface area contributed by atoms with Gasteiger partial charge in [0.05, 0.1) is 65.6 Å². The first-order chi connectivity index (χ1) is 31.5. The van der Waals surface area contributed by atoms with Gasteiger partial charge in [0.15, 0.2) is 5.78 Å². The van der Waals surface area contributed by atoms with Gasteiger partial charge in [-0.25, -0.2) is 30.4 Å². The van der Waals surface area contributed by atoms with E-state index in [2.05, 4.69) is 19.8 Å². The molecule has 0 atom stereocenters. The summed E-state index contributed by atoms with van der Waals surface area (Å²) in [7, 11) is -6.17. The van der Waals surface area contributed by atoms with Crippen LogP contribution in [0.25, 0.3) is 0 Å². The number of aromatic nitrogens is 2. The Morgan fingerprint density at radius 1 is 0.682 bits per heavy atom. The number of carbonyl (C=O) groups is 2. The number of hydrogen-bond donors (Lipinski definition) is 1. The number of benzene rings is 2. The van der Waals surface area contributed by atoms with Gasteiger partial charge in [0.25, 0.3) is 0 Å². The van der Waals surface area contributed by atoms with E-state index >= 15 is 0 Å². The van der Waals surface area contributed by atoms with Crippen LogP contribution in [-0.2, 0) is 37.9 Å². The van der Waals surface area contributed by atoms with Crippen molar-refractivity contribution in [3.8, 4) is 0 Å². The molecule has 14 nitrogen and oxygen atoms in total. The molecule has 2 aliphatic heterocycles. The molecule has 0 bridgehead atoms. The number of methoxy groups -OCH3 is 1. The van der Waals surface area contributed by atoms with Crippen molar-refractivity contribution >= 4 is 66.4 Å². The predicted octanol–water partition coefficient (Wildman–Crippen LogP) is 7.00. The van der Waals surface area contributed by atoms with Gasteiger partial charge in [-0.1, -0.05) is 35.3 Å². The van der Waals surface area contributed by atoms with Gasteiger partial charge in [0.2, 0.25) is 20.0 Å². The van der Waals surface area contributed by atoms with E-state index in [4.69, 9.17) is 33.7 Å². The molecule has 2 aliphatic carbocycles. The van der Waals surface area contributed by atoms with Crippen LogP contribution in [-0.4, -0.2) is 123 Å².